The van der Waals surface area contributed by atoms with E-state index in [4.69, 9.17) is 11.6 Å². The van der Waals surface area contributed by atoms with E-state index in [0.29, 0.717) is 0 Å². The first-order valence-electron chi connectivity index (χ1n) is 6.32. The molecule has 20 heavy (non-hydrogen) atoms. The van der Waals surface area contributed by atoms with E-state index in [1.54, 1.807) is 0 Å². The van der Waals surface area contributed by atoms with Crippen LogP contribution in [0.5, 0.6) is 0 Å². The molecule has 0 aliphatic carbocycles. The fourth-order valence-electron chi connectivity index (χ4n) is 1.42. The molecule has 1 atom stereocenters. The molecule has 0 bridgehead atoms. The minimum atomic E-state index is -0.644. The van der Waals surface area contributed by atoms with E-state index in [1.807, 2.05) is 13.8 Å². The van der Waals surface area contributed by atoms with Gasteiger partial charge in [0.2, 0.25) is 5.91 Å². The highest BCUT2D eigenvalue weighted by atomic mass is 35.5. The highest BCUT2D eigenvalue weighted by Gasteiger charge is 2.13. The summed E-state index contributed by atoms with van der Waals surface area (Å²) in [6, 6.07) is 1.10. The Morgan fingerprint density at radius 1 is 1.50 bits per heavy atom. The third-order valence-corrected chi connectivity index (χ3v) is 3.01. The Labute approximate surface area is 121 Å². The number of nitrogens with one attached hydrogen (secondary N) is 2. The molecule has 2 N–H and O–H groups in total. The van der Waals surface area contributed by atoms with Crippen LogP contribution in [0.25, 0.3) is 0 Å². The van der Waals surface area contributed by atoms with Crippen LogP contribution in [0.3, 0.4) is 0 Å². The van der Waals surface area contributed by atoms with Gasteiger partial charge in [0, 0.05) is 19.0 Å². The molecule has 0 aliphatic rings. The SMILES string of the molecule is CCC(C)NC(=O)CCNC(=O)c1cc(F)cnc1Cl. The van der Waals surface area contributed by atoms with Crippen LogP contribution >= 0.6 is 11.6 Å². The summed E-state index contributed by atoms with van der Waals surface area (Å²) < 4.78 is 13.0. The van der Waals surface area contributed by atoms with Crippen molar-refractivity contribution in [3.8, 4) is 0 Å². The van der Waals surface area contributed by atoms with Gasteiger partial charge in [0.05, 0.1) is 11.8 Å². The van der Waals surface area contributed by atoms with Crippen LogP contribution in [-0.2, 0) is 4.79 Å². The summed E-state index contributed by atoms with van der Waals surface area (Å²) in [5, 5.41) is 5.20. The highest BCUT2D eigenvalue weighted by molar-refractivity contribution is 6.32. The average Bonchev–Trinajstić information content (AvgIpc) is 2.41. The fourth-order valence-corrected chi connectivity index (χ4v) is 1.60. The smallest absolute Gasteiger partial charge is 0.254 e. The summed E-state index contributed by atoms with van der Waals surface area (Å²) in [5.41, 5.74) is -0.0472. The van der Waals surface area contributed by atoms with Crippen molar-refractivity contribution in [1.29, 1.82) is 0 Å². The zero-order valence-electron chi connectivity index (χ0n) is 11.4. The average molecular weight is 302 g/mol. The molecule has 0 saturated heterocycles. The molecule has 0 fully saturated rings. The van der Waals surface area contributed by atoms with E-state index in [9.17, 15) is 14.0 Å². The Balaban J connectivity index is 2.44. The molecule has 2 amide bonds. The molecule has 1 aromatic rings. The van der Waals surface area contributed by atoms with E-state index in [0.717, 1.165) is 18.7 Å². The van der Waals surface area contributed by atoms with Crippen molar-refractivity contribution in [3.05, 3.63) is 28.8 Å². The molecule has 0 spiro atoms. The molecular weight excluding hydrogens is 285 g/mol. The maximum absolute atomic E-state index is 13.0. The minimum absolute atomic E-state index is 0.0472. The number of pyridine rings is 1. The van der Waals surface area contributed by atoms with Crippen molar-refractivity contribution in [1.82, 2.24) is 15.6 Å². The van der Waals surface area contributed by atoms with E-state index >= 15 is 0 Å². The number of halogens is 2. The van der Waals surface area contributed by atoms with Crippen LogP contribution in [-0.4, -0.2) is 29.4 Å². The monoisotopic (exact) mass is 301 g/mol. The summed E-state index contributed by atoms with van der Waals surface area (Å²) >= 11 is 5.70. The number of carbonyl (C=O) groups excluding carboxylic acids is 2. The van der Waals surface area contributed by atoms with Gasteiger partial charge < -0.3 is 10.6 Å². The van der Waals surface area contributed by atoms with E-state index in [1.165, 1.54) is 0 Å². The highest BCUT2D eigenvalue weighted by Crippen LogP contribution is 2.13. The third-order valence-electron chi connectivity index (χ3n) is 2.71. The predicted octanol–water partition coefficient (Wildman–Crippen LogP) is 1.91. The zero-order valence-corrected chi connectivity index (χ0v) is 12.1. The van der Waals surface area contributed by atoms with Gasteiger partial charge in [-0.05, 0) is 19.4 Å². The summed E-state index contributed by atoms with van der Waals surface area (Å²) in [6.07, 6.45) is 1.91. The maximum Gasteiger partial charge on any atom is 0.254 e. The minimum Gasteiger partial charge on any atom is -0.354 e. The molecule has 1 aromatic heterocycles. The molecule has 7 heteroatoms. The Morgan fingerprint density at radius 3 is 2.85 bits per heavy atom. The van der Waals surface area contributed by atoms with E-state index in [2.05, 4.69) is 15.6 Å². The Kier molecular flexibility index (Phi) is 6.38. The molecule has 0 aliphatic heterocycles. The number of carbonyl (C=O) groups is 2. The number of amides is 2. The summed E-state index contributed by atoms with van der Waals surface area (Å²) in [5.74, 6) is -1.35. The lowest BCUT2D eigenvalue weighted by Crippen LogP contribution is -2.35. The first-order chi connectivity index (χ1) is 9.43. The molecule has 1 heterocycles. The van der Waals surface area contributed by atoms with Crippen molar-refractivity contribution in [2.45, 2.75) is 32.7 Å². The number of hydrogen-bond acceptors (Lipinski definition) is 3. The quantitative estimate of drug-likeness (QED) is 0.789. The third kappa shape index (κ3) is 5.13. The number of aromatic nitrogens is 1. The first-order valence-corrected chi connectivity index (χ1v) is 6.70. The van der Waals surface area contributed by atoms with Crippen LogP contribution in [0.4, 0.5) is 4.39 Å². The predicted molar refractivity (Wildman–Crippen MR) is 74.1 cm³/mol. The zero-order chi connectivity index (χ0) is 15.1. The van der Waals surface area contributed by atoms with Crippen LogP contribution in [0.1, 0.15) is 37.0 Å². The van der Waals surface area contributed by atoms with Crippen molar-refractivity contribution in [2.24, 2.45) is 0 Å². The van der Waals surface area contributed by atoms with Gasteiger partial charge in [0.1, 0.15) is 11.0 Å². The second kappa shape index (κ2) is 7.79. The Hall–Kier alpha value is -1.69. The second-order valence-electron chi connectivity index (χ2n) is 4.37. The first kappa shape index (κ1) is 16.4. The van der Waals surface area contributed by atoms with Gasteiger partial charge in [-0.15, -0.1) is 0 Å². The fraction of sp³-hybridized carbons (Fsp3) is 0.462. The standard InChI is InChI=1S/C13H17ClFN3O2/c1-3-8(2)18-11(19)4-5-16-13(20)10-6-9(15)7-17-12(10)14/h6-8H,3-5H2,1-2H3,(H,16,20)(H,18,19). The van der Waals surface area contributed by atoms with Gasteiger partial charge in [0.25, 0.3) is 5.91 Å². The Morgan fingerprint density at radius 2 is 2.20 bits per heavy atom. The molecule has 1 unspecified atom stereocenters. The Bertz CT molecular complexity index is 497. The van der Waals surface area contributed by atoms with Crippen LogP contribution in [0.15, 0.2) is 12.3 Å². The van der Waals surface area contributed by atoms with Gasteiger partial charge in [-0.25, -0.2) is 9.37 Å². The van der Waals surface area contributed by atoms with Crippen molar-refractivity contribution in [2.75, 3.05) is 6.54 Å². The van der Waals surface area contributed by atoms with Crippen molar-refractivity contribution < 1.29 is 14.0 Å². The normalized spacial score (nSPS) is 11.8. The topological polar surface area (TPSA) is 71.1 Å². The van der Waals surface area contributed by atoms with Crippen LogP contribution < -0.4 is 10.6 Å². The molecule has 0 aromatic carbocycles. The number of nitrogens with zero attached hydrogens (tertiary/aromatic N) is 1. The van der Waals surface area contributed by atoms with Crippen LogP contribution in [0.2, 0.25) is 5.15 Å². The molecule has 5 nitrogen and oxygen atoms in total. The van der Waals surface area contributed by atoms with Crippen molar-refractivity contribution >= 4 is 23.4 Å². The number of rotatable bonds is 6. The molecule has 110 valence electrons. The molecule has 0 radical (unpaired) electrons. The summed E-state index contributed by atoms with van der Waals surface area (Å²) in [4.78, 5) is 26.8. The van der Waals surface area contributed by atoms with Crippen LogP contribution in [0, 0.1) is 5.82 Å². The van der Waals surface area contributed by atoms with Gasteiger partial charge in [-0.2, -0.15) is 0 Å². The molecular formula is C13H17ClFN3O2. The lowest BCUT2D eigenvalue weighted by molar-refractivity contribution is -0.121. The van der Waals surface area contributed by atoms with Gasteiger partial charge >= 0.3 is 0 Å². The molecule has 0 saturated carbocycles. The lowest BCUT2D eigenvalue weighted by atomic mass is 10.2. The van der Waals surface area contributed by atoms with Gasteiger partial charge in [-0.1, -0.05) is 18.5 Å². The largest absolute Gasteiger partial charge is 0.354 e. The van der Waals surface area contributed by atoms with E-state index < -0.39 is 11.7 Å². The lowest BCUT2D eigenvalue weighted by Gasteiger charge is -2.11. The van der Waals surface area contributed by atoms with Gasteiger partial charge in [-0.3, -0.25) is 9.59 Å². The van der Waals surface area contributed by atoms with Crippen molar-refractivity contribution in [3.63, 3.8) is 0 Å². The summed E-state index contributed by atoms with van der Waals surface area (Å²) in [7, 11) is 0. The maximum atomic E-state index is 13.0. The van der Waals surface area contributed by atoms with Gasteiger partial charge in [0.15, 0.2) is 0 Å². The summed E-state index contributed by atoms with van der Waals surface area (Å²) in [6.45, 7) is 4.01. The van der Waals surface area contributed by atoms with E-state index in [-0.39, 0.29) is 35.6 Å². The number of hydrogen-bond donors (Lipinski definition) is 2. The molecule has 1 rings (SSSR count). The second-order valence-corrected chi connectivity index (χ2v) is 4.73.